The van der Waals surface area contributed by atoms with Crippen LogP contribution in [-0.4, -0.2) is 50.3 Å². The van der Waals surface area contributed by atoms with E-state index in [9.17, 15) is 4.79 Å². The smallest absolute Gasteiger partial charge is 0.255 e. The molecule has 2 rings (SSSR count). The van der Waals surface area contributed by atoms with E-state index < -0.39 is 0 Å². The fourth-order valence-electron chi connectivity index (χ4n) is 2.21. The molecule has 4 nitrogen and oxygen atoms in total. The lowest BCUT2D eigenvalue weighted by Gasteiger charge is -2.17. The molecule has 0 aromatic heterocycles. The van der Waals surface area contributed by atoms with Crippen molar-refractivity contribution in [2.45, 2.75) is 17.1 Å². The van der Waals surface area contributed by atoms with Crippen molar-refractivity contribution < 1.29 is 14.3 Å². The molecule has 0 saturated carbocycles. The SMILES string of the molecule is COC1CN(C(=O)c2cc(S)ccc2Br)CC1OC. The molecule has 0 N–H and O–H groups in total. The quantitative estimate of drug-likeness (QED) is 0.853. The number of hydrogen-bond acceptors (Lipinski definition) is 4. The molecule has 0 aliphatic carbocycles. The first-order valence-electron chi connectivity index (χ1n) is 5.90. The fraction of sp³-hybridized carbons (Fsp3) is 0.462. The molecule has 0 spiro atoms. The van der Waals surface area contributed by atoms with Crippen LogP contribution >= 0.6 is 28.6 Å². The predicted octanol–water partition coefficient (Wildman–Crippen LogP) is 2.22. The van der Waals surface area contributed by atoms with Crippen molar-refractivity contribution in [3.05, 3.63) is 28.2 Å². The fourth-order valence-corrected chi connectivity index (χ4v) is 2.83. The van der Waals surface area contributed by atoms with Crippen LogP contribution in [0.4, 0.5) is 0 Å². The van der Waals surface area contributed by atoms with Gasteiger partial charge in [0.15, 0.2) is 0 Å². The standard InChI is InChI=1S/C13H16BrNO3S/c1-17-11-6-15(7-12(11)18-2)13(16)9-5-8(19)3-4-10(9)14/h3-5,11-12,19H,6-7H2,1-2H3. The molecule has 6 heteroatoms. The lowest BCUT2D eigenvalue weighted by atomic mass is 10.2. The predicted molar refractivity (Wildman–Crippen MR) is 78.9 cm³/mol. The number of halogens is 1. The molecule has 2 atom stereocenters. The van der Waals surface area contributed by atoms with Gasteiger partial charge in [-0.3, -0.25) is 4.79 Å². The molecular formula is C13H16BrNO3S. The van der Waals surface area contributed by atoms with Gasteiger partial charge in [-0.05, 0) is 34.1 Å². The minimum absolute atomic E-state index is 0.0376. The number of methoxy groups -OCH3 is 2. The molecule has 1 saturated heterocycles. The topological polar surface area (TPSA) is 38.8 Å². The van der Waals surface area contributed by atoms with Gasteiger partial charge in [0.2, 0.25) is 0 Å². The number of rotatable bonds is 3. The van der Waals surface area contributed by atoms with Crippen LogP contribution in [0.3, 0.4) is 0 Å². The molecule has 1 aromatic carbocycles. The molecule has 0 radical (unpaired) electrons. The molecule has 1 aromatic rings. The summed E-state index contributed by atoms with van der Waals surface area (Å²) in [5, 5.41) is 0. The molecule has 1 heterocycles. The summed E-state index contributed by atoms with van der Waals surface area (Å²) in [6.45, 7) is 1.08. The minimum atomic E-state index is -0.0769. The average molecular weight is 346 g/mol. The Labute approximate surface area is 126 Å². The Kier molecular flexibility index (Phi) is 4.89. The molecule has 1 aliphatic rings. The van der Waals surface area contributed by atoms with Gasteiger partial charge in [0.1, 0.15) is 12.2 Å². The molecular weight excluding hydrogens is 330 g/mol. The van der Waals surface area contributed by atoms with E-state index in [4.69, 9.17) is 9.47 Å². The summed E-state index contributed by atoms with van der Waals surface area (Å²) in [7, 11) is 3.27. The van der Waals surface area contributed by atoms with Crippen LogP contribution in [0.2, 0.25) is 0 Å². The summed E-state index contributed by atoms with van der Waals surface area (Å²) in [4.78, 5) is 15.0. The molecule has 2 unspecified atom stereocenters. The Hall–Kier alpha value is -0.560. The van der Waals surface area contributed by atoms with Crippen LogP contribution in [-0.2, 0) is 9.47 Å². The number of carbonyl (C=O) groups excluding carboxylic acids is 1. The third-order valence-electron chi connectivity index (χ3n) is 3.29. The third-order valence-corrected chi connectivity index (χ3v) is 4.26. The number of ether oxygens (including phenoxy) is 2. The van der Waals surface area contributed by atoms with E-state index in [-0.39, 0.29) is 18.1 Å². The summed E-state index contributed by atoms with van der Waals surface area (Å²) in [6, 6.07) is 5.43. The Balaban J connectivity index is 2.19. The van der Waals surface area contributed by atoms with Crippen LogP contribution in [0.5, 0.6) is 0 Å². The van der Waals surface area contributed by atoms with Gasteiger partial charge in [0.05, 0.1) is 5.56 Å². The highest BCUT2D eigenvalue weighted by Crippen LogP contribution is 2.24. The van der Waals surface area contributed by atoms with Gasteiger partial charge in [0, 0.05) is 36.7 Å². The number of hydrogen-bond donors (Lipinski definition) is 1. The van der Waals surface area contributed by atoms with E-state index >= 15 is 0 Å². The Morgan fingerprint density at radius 1 is 1.32 bits per heavy atom. The van der Waals surface area contributed by atoms with Crippen molar-refractivity contribution in [1.82, 2.24) is 4.90 Å². The second kappa shape index (κ2) is 6.26. The van der Waals surface area contributed by atoms with Crippen LogP contribution in [0.1, 0.15) is 10.4 Å². The van der Waals surface area contributed by atoms with Crippen molar-refractivity contribution in [1.29, 1.82) is 0 Å². The maximum atomic E-state index is 12.5. The van der Waals surface area contributed by atoms with Gasteiger partial charge in [-0.25, -0.2) is 0 Å². The van der Waals surface area contributed by atoms with Gasteiger partial charge in [-0.1, -0.05) is 0 Å². The van der Waals surface area contributed by atoms with Crippen LogP contribution in [0.25, 0.3) is 0 Å². The van der Waals surface area contributed by atoms with E-state index in [0.29, 0.717) is 18.7 Å². The normalized spacial score (nSPS) is 22.8. The van der Waals surface area contributed by atoms with Crippen molar-refractivity contribution >= 4 is 34.5 Å². The first-order valence-corrected chi connectivity index (χ1v) is 7.14. The highest BCUT2D eigenvalue weighted by Gasteiger charge is 2.36. The molecule has 0 bridgehead atoms. The number of likely N-dealkylation sites (tertiary alicyclic amines) is 1. The van der Waals surface area contributed by atoms with Gasteiger partial charge < -0.3 is 14.4 Å². The summed E-state index contributed by atoms with van der Waals surface area (Å²) in [5.41, 5.74) is 0.610. The van der Waals surface area contributed by atoms with E-state index in [1.165, 1.54) is 0 Å². The lowest BCUT2D eigenvalue weighted by Crippen LogP contribution is -2.30. The summed E-state index contributed by atoms with van der Waals surface area (Å²) in [5.74, 6) is -0.0376. The van der Waals surface area contributed by atoms with Crippen LogP contribution < -0.4 is 0 Å². The third kappa shape index (κ3) is 3.13. The van der Waals surface area contributed by atoms with Crippen molar-refractivity contribution in [2.24, 2.45) is 0 Å². The number of amides is 1. The maximum Gasteiger partial charge on any atom is 0.255 e. The second-order valence-corrected chi connectivity index (χ2v) is 5.79. The Morgan fingerprint density at radius 3 is 2.42 bits per heavy atom. The van der Waals surface area contributed by atoms with Crippen molar-refractivity contribution in [3.8, 4) is 0 Å². The first kappa shape index (κ1) is 14.8. The van der Waals surface area contributed by atoms with Crippen LogP contribution in [0.15, 0.2) is 27.6 Å². The monoisotopic (exact) mass is 345 g/mol. The average Bonchev–Trinajstić information content (AvgIpc) is 2.84. The summed E-state index contributed by atoms with van der Waals surface area (Å²) in [6.07, 6.45) is -0.154. The molecule has 19 heavy (non-hydrogen) atoms. The second-order valence-electron chi connectivity index (χ2n) is 4.42. The zero-order valence-corrected chi connectivity index (χ0v) is 13.3. The molecule has 1 fully saturated rings. The zero-order valence-electron chi connectivity index (χ0n) is 10.8. The van der Waals surface area contributed by atoms with E-state index in [1.807, 2.05) is 12.1 Å². The minimum Gasteiger partial charge on any atom is -0.377 e. The van der Waals surface area contributed by atoms with Gasteiger partial charge >= 0.3 is 0 Å². The molecule has 1 aliphatic heterocycles. The summed E-state index contributed by atoms with van der Waals surface area (Å²) >= 11 is 7.67. The molecule has 104 valence electrons. The van der Waals surface area contributed by atoms with Gasteiger partial charge in [0.25, 0.3) is 5.91 Å². The highest BCUT2D eigenvalue weighted by atomic mass is 79.9. The van der Waals surface area contributed by atoms with Crippen LogP contribution in [0, 0.1) is 0 Å². The van der Waals surface area contributed by atoms with E-state index in [0.717, 1.165) is 9.37 Å². The van der Waals surface area contributed by atoms with Crippen molar-refractivity contribution in [2.75, 3.05) is 27.3 Å². The number of nitrogens with zero attached hydrogens (tertiary/aromatic N) is 1. The number of carbonyl (C=O) groups is 1. The Morgan fingerprint density at radius 2 is 1.89 bits per heavy atom. The number of thiol groups is 1. The van der Waals surface area contributed by atoms with E-state index in [1.54, 1.807) is 25.2 Å². The highest BCUT2D eigenvalue weighted by molar-refractivity contribution is 9.10. The zero-order chi connectivity index (χ0) is 14.0. The lowest BCUT2D eigenvalue weighted by molar-refractivity contribution is -0.00461. The largest absolute Gasteiger partial charge is 0.377 e. The Bertz CT molecular complexity index is 471. The number of benzene rings is 1. The molecule has 1 amide bonds. The summed E-state index contributed by atoms with van der Waals surface area (Å²) < 4.78 is 11.4. The van der Waals surface area contributed by atoms with Gasteiger partial charge in [-0.2, -0.15) is 0 Å². The first-order chi connectivity index (χ1) is 9.06. The van der Waals surface area contributed by atoms with E-state index in [2.05, 4.69) is 28.6 Å². The maximum absolute atomic E-state index is 12.5. The van der Waals surface area contributed by atoms with Crippen molar-refractivity contribution in [3.63, 3.8) is 0 Å². The van der Waals surface area contributed by atoms with Gasteiger partial charge in [-0.15, -0.1) is 12.6 Å².